The third-order valence-electron chi connectivity index (χ3n) is 3.66. The predicted molar refractivity (Wildman–Crippen MR) is 77.7 cm³/mol. The molecule has 1 saturated carbocycles. The molecule has 0 bridgehead atoms. The number of nitrogens with one attached hydrogen (secondary N) is 1. The number of anilines is 1. The van der Waals surface area contributed by atoms with Crippen molar-refractivity contribution in [2.24, 2.45) is 5.41 Å². The topological polar surface area (TPSA) is 51.2 Å². The highest BCUT2D eigenvalue weighted by Gasteiger charge is 2.27. The molecule has 0 radical (unpaired) electrons. The van der Waals surface area contributed by atoms with Crippen LogP contribution in [-0.2, 0) is 4.74 Å². The minimum atomic E-state index is -0.337. The summed E-state index contributed by atoms with van der Waals surface area (Å²) >= 11 is 1.47. The van der Waals surface area contributed by atoms with E-state index in [1.165, 1.54) is 37.0 Å². The zero-order chi connectivity index (χ0) is 13.9. The predicted octanol–water partition coefficient (Wildman–Crippen LogP) is 3.70. The van der Waals surface area contributed by atoms with Crippen LogP contribution < -0.4 is 5.32 Å². The van der Waals surface area contributed by atoms with Crippen LogP contribution in [0, 0.1) is 5.41 Å². The summed E-state index contributed by atoms with van der Waals surface area (Å²) < 4.78 is 4.94. The standard InChI is InChI=1S/C14H22N2O2S/c1-4-18-12(17)11-9-19-13(16-11)15-10-5-7-14(2,3)8-6-10/h9-10H,4-8H2,1-3H3,(H,15,16). The number of nitrogens with zero attached hydrogens (tertiary/aromatic N) is 1. The van der Waals surface area contributed by atoms with E-state index in [0.29, 0.717) is 23.8 Å². The summed E-state index contributed by atoms with van der Waals surface area (Å²) in [5.41, 5.74) is 0.877. The van der Waals surface area contributed by atoms with Gasteiger partial charge in [0.15, 0.2) is 10.8 Å². The van der Waals surface area contributed by atoms with Gasteiger partial charge in [-0.3, -0.25) is 0 Å². The summed E-state index contributed by atoms with van der Waals surface area (Å²) in [6.45, 7) is 6.83. The van der Waals surface area contributed by atoms with Crippen molar-refractivity contribution in [1.82, 2.24) is 4.98 Å². The Morgan fingerprint density at radius 2 is 2.21 bits per heavy atom. The monoisotopic (exact) mass is 282 g/mol. The molecule has 1 aromatic rings. The fourth-order valence-electron chi connectivity index (χ4n) is 2.36. The molecule has 2 rings (SSSR count). The van der Waals surface area contributed by atoms with Gasteiger partial charge in [0.25, 0.3) is 0 Å². The van der Waals surface area contributed by atoms with E-state index in [-0.39, 0.29) is 5.97 Å². The number of esters is 1. The van der Waals surface area contributed by atoms with Crippen LogP contribution in [-0.4, -0.2) is 23.6 Å². The van der Waals surface area contributed by atoms with Crippen LogP contribution in [0.2, 0.25) is 0 Å². The molecule has 0 atom stereocenters. The van der Waals surface area contributed by atoms with Crippen molar-refractivity contribution in [1.29, 1.82) is 0 Å². The molecule has 1 aliphatic carbocycles. The van der Waals surface area contributed by atoms with Crippen LogP contribution >= 0.6 is 11.3 Å². The van der Waals surface area contributed by atoms with Crippen LogP contribution in [0.25, 0.3) is 0 Å². The fraction of sp³-hybridized carbons (Fsp3) is 0.714. The summed E-state index contributed by atoms with van der Waals surface area (Å²) in [6.07, 6.45) is 4.81. The third kappa shape index (κ3) is 3.93. The summed E-state index contributed by atoms with van der Waals surface area (Å²) in [6, 6.07) is 0.481. The number of carbonyl (C=O) groups is 1. The van der Waals surface area contributed by atoms with Gasteiger partial charge in [-0.15, -0.1) is 11.3 Å². The Morgan fingerprint density at radius 3 is 2.84 bits per heavy atom. The highest BCUT2D eigenvalue weighted by molar-refractivity contribution is 7.13. The van der Waals surface area contributed by atoms with Crippen molar-refractivity contribution in [2.75, 3.05) is 11.9 Å². The lowest BCUT2D eigenvalue weighted by molar-refractivity contribution is 0.0520. The van der Waals surface area contributed by atoms with Crippen molar-refractivity contribution in [3.05, 3.63) is 11.1 Å². The van der Waals surface area contributed by atoms with Crippen LogP contribution in [0.15, 0.2) is 5.38 Å². The molecular weight excluding hydrogens is 260 g/mol. The summed E-state index contributed by atoms with van der Waals surface area (Å²) in [5.74, 6) is -0.337. The lowest BCUT2D eigenvalue weighted by Gasteiger charge is -2.34. The summed E-state index contributed by atoms with van der Waals surface area (Å²) in [5, 5.41) is 6.02. The van der Waals surface area contributed by atoms with Gasteiger partial charge in [-0.05, 0) is 38.0 Å². The summed E-state index contributed by atoms with van der Waals surface area (Å²) in [4.78, 5) is 15.8. The molecule has 5 heteroatoms. The first-order valence-corrected chi connectivity index (χ1v) is 7.77. The molecule has 4 nitrogen and oxygen atoms in total. The van der Waals surface area contributed by atoms with Gasteiger partial charge in [-0.2, -0.15) is 0 Å². The second-order valence-electron chi connectivity index (χ2n) is 5.84. The SMILES string of the molecule is CCOC(=O)c1csc(NC2CCC(C)(C)CC2)n1. The molecular formula is C14H22N2O2S. The van der Waals surface area contributed by atoms with E-state index >= 15 is 0 Å². The highest BCUT2D eigenvalue weighted by atomic mass is 32.1. The third-order valence-corrected chi connectivity index (χ3v) is 4.43. The average molecular weight is 282 g/mol. The Hall–Kier alpha value is -1.10. The van der Waals surface area contributed by atoms with Gasteiger partial charge >= 0.3 is 5.97 Å². The van der Waals surface area contributed by atoms with Gasteiger partial charge in [0, 0.05) is 11.4 Å². The van der Waals surface area contributed by atoms with Crippen LogP contribution in [0.1, 0.15) is 56.9 Å². The van der Waals surface area contributed by atoms with Gasteiger partial charge in [0.1, 0.15) is 0 Å². The average Bonchev–Trinajstić information content (AvgIpc) is 2.81. The van der Waals surface area contributed by atoms with E-state index in [4.69, 9.17) is 4.74 Å². The Bertz CT molecular complexity index is 432. The van der Waals surface area contributed by atoms with E-state index < -0.39 is 0 Å². The van der Waals surface area contributed by atoms with Gasteiger partial charge in [0.05, 0.1) is 6.61 Å². The van der Waals surface area contributed by atoms with E-state index in [9.17, 15) is 4.79 Å². The quantitative estimate of drug-likeness (QED) is 0.855. The molecule has 1 heterocycles. The van der Waals surface area contributed by atoms with Gasteiger partial charge < -0.3 is 10.1 Å². The van der Waals surface area contributed by atoms with E-state index in [1.807, 2.05) is 0 Å². The normalized spacial score (nSPS) is 19.1. The Morgan fingerprint density at radius 1 is 1.53 bits per heavy atom. The van der Waals surface area contributed by atoms with Crippen LogP contribution in [0.4, 0.5) is 5.13 Å². The Labute approximate surface area is 118 Å². The van der Waals surface area contributed by atoms with Gasteiger partial charge in [-0.1, -0.05) is 13.8 Å². The molecule has 0 aromatic carbocycles. The number of hydrogen-bond donors (Lipinski definition) is 1. The molecule has 1 aromatic heterocycles. The number of rotatable bonds is 4. The molecule has 1 aliphatic rings. The zero-order valence-corrected chi connectivity index (χ0v) is 12.7. The van der Waals surface area contributed by atoms with E-state index in [0.717, 1.165) is 5.13 Å². The number of carbonyl (C=O) groups excluding carboxylic acids is 1. The number of ether oxygens (including phenoxy) is 1. The molecule has 19 heavy (non-hydrogen) atoms. The Kier molecular flexibility index (Phi) is 4.45. The molecule has 0 saturated heterocycles. The minimum Gasteiger partial charge on any atom is -0.461 e. The smallest absolute Gasteiger partial charge is 0.357 e. The van der Waals surface area contributed by atoms with Crippen LogP contribution in [0.3, 0.4) is 0 Å². The second kappa shape index (κ2) is 5.90. The largest absolute Gasteiger partial charge is 0.461 e. The van der Waals surface area contributed by atoms with Crippen molar-refractivity contribution in [3.8, 4) is 0 Å². The maximum atomic E-state index is 11.5. The first kappa shape index (κ1) is 14.3. The molecule has 1 N–H and O–H groups in total. The lowest BCUT2D eigenvalue weighted by atomic mass is 9.76. The number of hydrogen-bond acceptors (Lipinski definition) is 5. The van der Waals surface area contributed by atoms with E-state index in [2.05, 4.69) is 24.1 Å². The first-order chi connectivity index (χ1) is 9.00. The number of aromatic nitrogens is 1. The molecule has 106 valence electrons. The maximum absolute atomic E-state index is 11.5. The molecule has 0 aliphatic heterocycles. The van der Waals surface area contributed by atoms with E-state index in [1.54, 1.807) is 12.3 Å². The minimum absolute atomic E-state index is 0.337. The van der Waals surface area contributed by atoms with Gasteiger partial charge in [-0.25, -0.2) is 9.78 Å². The van der Waals surface area contributed by atoms with Crippen molar-refractivity contribution >= 4 is 22.4 Å². The van der Waals surface area contributed by atoms with Crippen molar-refractivity contribution < 1.29 is 9.53 Å². The molecule has 0 amide bonds. The lowest BCUT2D eigenvalue weighted by Crippen LogP contribution is -2.29. The highest BCUT2D eigenvalue weighted by Crippen LogP contribution is 2.36. The van der Waals surface area contributed by atoms with Crippen LogP contribution in [0.5, 0.6) is 0 Å². The second-order valence-corrected chi connectivity index (χ2v) is 6.70. The van der Waals surface area contributed by atoms with Crippen molar-refractivity contribution in [2.45, 2.75) is 52.5 Å². The summed E-state index contributed by atoms with van der Waals surface area (Å²) in [7, 11) is 0. The fourth-order valence-corrected chi connectivity index (χ4v) is 3.12. The molecule has 0 spiro atoms. The van der Waals surface area contributed by atoms with Gasteiger partial charge in [0.2, 0.25) is 0 Å². The maximum Gasteiger partial charge on any atom is 0.357 e. The van der Waals surface area contributed by atoms with Crippen molar-refractivity contribution in [3.63, 3.8) is 0 Å². The molecule has 1 fully saturated rings. The molecule has 0 unspecified atom stereocenters. The Balaban J connectivity index is 1.88. The zero-order valence-electron chi connectivity index (χ0n) is 11.9. The first-order valence-electron chi connectivity index (χ1n) is 6.89. The number of thiazole rings is 1.